The van der Waals surface area contributed by atoms with Crippen molar-refractivity contribution in [1.82, 2.24) is 4.90 Å². The molecule has 114 valence electrons. The van der Waals surface area contributed by atoms with E-state index in [0.29, 0.717) is 37.9 Å². The number of benzene rings is 1. The molecule has 1 atom stereocenters. The summed E-state index contributed by atoms with van der Waals surface area (Å²) in [6.45, 7) is 2.73. The van der Waals surface area contributed by atoms with Gasteiger partial charge in [0.2, 0.25) is 5.91 Å². The number of hydrogen-bond acceptors (Lipinski definition) is 2. The molecule has 1 N–H and O–H groups in total. The number of carbonyl (C=O) groups excluding carboxylic acids is 1. The summed E-state index contributed by atoms with van der Waals surface area (Å²) in [5, 5.41) is 8.95. The maximum Gasteiger partial charge on any atom is 0.306 e. The van der Waals surface area contributed by atoms with Crippen molar-refractivity contribution in [2.24, 2.45) is 11.8 Å². The van der Waals surface area contributed by atoms with Gasteiger partial charge in [-0.2, -0.15) is 0 Å². The van der Waals surface area contributed by atoms with E-state index in [9.17, 15) is 14.0 Å². The van der Waals surface area contributed by atoms with Crippen LogP contribution >= 0.6 is 0 Å². The van der Waals surface area contributed by atoms with E-state index in [1.165, 1.54) is 6.07 Å². The molecule has 5 heteroatoms. The van der Waals surface area contributed by atoms with Gasteiger partial charge in [0.25, 0.3) is 0 Å². The van der Waals surface area contributed by atoms with Crippen molar-refractivity contribution in [3.63, 3.8) is 0 Å². The third-order valence-electron chi connectivity index (χ3n) is 4.06. The van der Waals surface area contributed by atoms with Gasteiger partial charge in [0.1, 0.15) is 5.82 Å². The molecule has 0 spiro atoms. The van der Waals surface area contributed by atoms with E-state index in [4.69, 9.17) is 5.11 Å². The third kappa shape index (κ3) is 3.80. The Balaban J connectivity index is 1.92. The lowest BCUT2D eigenvalue weighted by atomic mass is 9.94. The molecule has 0 unspecified atom stereocenters. The van der Waals surface area contributed by atoms with E-state index in [0.717, 1.165) is 0 Å². The predicted octanol–water partition coefficient (Wildman–Crippen LogP) is 2.33. The first-order valence-electron chi connectivity index (χ1n) is 7.24. The van der Waals surface area contributed by atoms with Crippen LogP contribution in [0, 0.1) is 17.7 Å². The fourth-order valence-electron chi connectivity index (χ4n) is 2.74. The summed E-state index contributed by atoms with van der Waals surface area (Å²) < 4.78 is 13.6. The van der Waals surface area contributed by atoms with Gasteiger partial charge in [-0.15, -0.1) is 0 Å². The highest BCUT2D eigenvalue weighted by Crippen LogP contribution is 2.21. The molecule has 1 aliphatic rings. The van der Waals surface area contributed by atoms with E-state index in [1.807, 2.05) is 0 Å². The number of aliphatic carboxylic acids is 1. The molecule has 2 rings (SSSR count). The zero-order valence-corrected chi connectivity index (χ0v) is 12.1. The van der Waals surface area contributed by atoms with Gasteiger partial charge in [0.05, 0.1) is 5.92 Å². The molecule has 0 radical (unpaired) electrons. The van der Waals surface area contributed by atoms with Crippen molar-refractivity contribution in [1.29, 1.82) is 0 Å². The van der Waals surface area contributed by atoms with E-state index < -0.39 is 5.97 Å². The monoisotopic (exact) mass is 293 g/mol. The summed E-state index contributed by atoms with van der Waals surface area (Å²) in [7, 11) is 0. The van der Waals surface area contributed by atoms with Crippen LogP contribution in [0.5, 0.6) is 0 Å². The zero-order valence-electron chi connectivity index (χ0n) is 12.1. The van der Waals surface area contributed by atoms with Crippen LogP contribution in [-0.2, 0) is 16.0 Å². The lowest BCUT2D eigenvalue weighted by Gasteiger charge is -2.32. The number of likely N-dealkylation sites (tertiary alicyclic amines) is 1. The molecule has 1 fully saturated rings. The largest absolute Gasteiger partial charge is 0.481 e. The molecule has 0 saturated carbocycles. The molecular formula is C16H20FNO3. The smallest absolute Gasteiger partial charge is 0.306 e. The number of carboxylic acids is 1. The number of hydrogen-bond donors (Lipinski definition) is 1. The Kier molecular flexibility index (Phi) is 4.94. The van der Waals surface area contributed by atoms with E-state index in [1.54, 1.807) is 30.0 Å². The Labute approximate surface area is 123 Å². The maximum atomic E-state index is 13.6. The van der Waals surface area contributed by atoms with Crippen LogP contribution in [0.15, 0.2) is 24.3 Å². The van der Waals surface area contributed by atoms with Crippen molar-refractivity contribution >= 4 is 11.9 Å². The number of amides is 1. The van der Waals surface area contributed by atoms with E-state index in [2.05, 4.69) is 0 Å². The summed E-state index contributed by atoms with van der Waals surface area (Å²) in [5.74, 6) is -1.76. The lowest BCUT2D eigenvalue weighted by Crippen LogP contribution is -2.43. The van der Waals surface area contributed by atoms with Crippen molar-refractivity contribution in [3.8, 4) is 0 Å². The summed E-state index contributed by atoms with van der Waals surface area (Å²) in [4.78, 5) is 24.9. The number of piperidine rings is 1. The van der Waals surface area contributed by atoms with Crippen molar-refractivity contribution < 1.29 is 19.1 Å². The van der Waals surface area contributed by atoms with Gasteiger partial charge in [-0.3, -0.25) is 9.59 Å². The Morgan fingerprint density at radius 3 is 2.52 bits per heavy atom. The average Bonchev–Trinajstić information content (AvgIpc) is 2.49. The molecule has 1 amide bonds. The SMILES string of the molecule is C[C@@H](Cc1ccccc1F)C(=O)N1CCC(C(=O)O)CC1. The van der Waals surface area contributed by atoms with Gasteiger partial charge in [-0.05, 0) is 30.9 Å². The summed E-state index contributed by atoms with van der Waals surface area (Å²) in [6.07, 6.45) is 1.35. The number of carboxylic acid groups (broad SMARTS) is 1. The predicted molar refractivity (Wildman–Crippen MR) is 76.2 cm³/mol. The third-order valence-corrected chi connectivity index (χ3v) is 4.06. The quantitative estimate of drug-likeness (QED) is 0.927. The lowest BCUT2D eigenvalue weighted by molar-refractivity contribution is -0.146. The van der Waals surface area contributed by atoms with Crippen LogP contribution in [0.2, 0.25) is 0 Å². The van der Waals surface area contributed by atoms with Crippen LogP contribution in [0.25, 0.3) is 0 Å². The molecular weight excluding hydrogens is 273 g/mol. The number of halogens is 1. The first-order valence-corrected chi connectivity index (χ1v) is 7.24. The summed E-state index contributed by atoms with van der Waals surface area (Å²) >= 11 is 0. The first kappa shape index (κ1) is 15.5. The zero-order chi connectivity index (χ0) is 15.4. The minimum Gasteiger partial charge on any atom is -0.481 e. The van der Waals surface area contributed by atoms with Crippen LogP contribution in [0.4, 0.5) is 4.39 Å². The average molecular weight is 293 g/mol. The van der Waals surface area contributed by atoms with Gasteiger partial charge in [-0.25, -0.2) is 4.39 Å². The Morgan fingerprint density at radius 2 is 1.95 bits per heavy atom. The van der Waals surface area contributed by atoms with E-state index >= 15 is 0 Å². The normalized spacial score (nSPS) is 17.5. The fourth-order valence-corrected chi connectivity index (χ4v) is 2.74. The van der Waals surface area contributed by atoms with Crippen LogP contribution in [0.3, 0.4) is 0 Å². The number of nitrogens with zero attached hydrogens (tertiary/aromatic N) is 1. The molecule has 4 nitrogen and oxygen atoms in total. The number of carbonyl (C=O) groups is 2. The standard InChI is InChI=1S/C16H20FNO3/c1-11(10-13-4-2-3-5-14(13)17)15(19)18-8-6-12(7-9-18)16(20)21/h2-5,11-12H,6-10H2,1H3,(H,20,21)/t11-/m0/s1. The highest BCUT2D eigenvalue weighted by molar-refractivity contribution is 5.79. The highest BCUT2D eigenvalue weighted by atomic mass is 19.1. The minimum atomic E-state index is -0.790. The van der Waals surface area contributed by atoms with E-state index in [-0.39, 0.29) is 23.6 Å². The highest BCUT2D eigenvalue weighted by Gasteiger charge is 2.29. The second kappa shape index (κ2) is 6.70. The molecule has 1 aromatic rings. The van der Waals surface area contributed by atoms with Gasteiger partial charge in [0, 0.05) is 19.0 Å². The Morgan fingerprint density at radius 1 is 1.33 bits per heavy atom. The maximum absolute atomic E-state index is 13.6. The molecule has 21 heavy (non-hydrogen) atoms. The molecule has 1 aliphatic heterocycles. The van der Waals surface area contributed by atoms with Gasteiger partial charge in [-0.1, -0.05) is 25.1 Å². The summed E-state index contributed by atoms with van der Waals surface area (Å²) in [6, 6.07) is 6.47. The van der Waals surface area contributed by atoms with Gasteiger partial charge in [0.15, 0.2) is 0 Å². The molecule has 1 saturated heterocycles. The Hall–Kier alpha value is -1.91. The molecule has 0 aromatic heterocycles. The Bertz CT molecular complexity index is 524. The molecule has 1 heterocycles. The first-order chi connectivity index (χ1) is 9.99. The van der Waals surface area contributed by atoms with Gasteiger partial charge >= 0.3 is 5.97 Å². The van der Waals surface area contributed by atoms with Gasteiger partial charge < -0.3 is 10.0 Å². The van der Waals surface area contributed by atoms with Crippen LogP contribution < -0.4 is 0 Å². The van der Waals surface area contributed by atoms with Crippen molar-refractivity contribution in [3.05, 3.63) is 35.6 Å². The second-order valence-electron chi connectivity index (χ2n) is 5.63. The summed E-state index contributed by atoms with van der Waals surface area (Å²) in [5.41, 5.74) is 0.541. The minimum absolute atomic E-state index is 0.0258. The second-order valence-corrected chi connectivity index (χ2v) is 5.63. The topological polar surface area (TPSA) is 57.6 Å². The van der Waals surface area contributed by atoms with Crippen LogP contribution in [0.1, 0.15) is 25.3 Å². The van der Waals surface area contributed by atoms with Crippen molar-refractivity contribution in [2.45, 2.75) is 26.2 Å². The molecule has 1 aromatic carbocycles. The molecule has 0 aliphatic carbocycles. The van der Waals surface area contributed by atoms with Crippen molar-refractivity contribution in [2.75, 3.05) is 13.1 Å². The fraction of sp³-hybridized carbons (Fsp3) is 0.500. The number of rotatable bonds is 4. The van der Waals surface area contributed by atoms with Crippen LogP contribution in [-0.4, -0.2) is 35.0 Å². The molecule has 0 bridgehead atoms.